The van der Waals surface area contributed by atoms with Crippen LogP contribution in [0.4, 0.5) is 0 Å². The second-order valence-electron chi connectivity index (χ2n) is 4.77. The summed E-state index contributed by atoms with van der Waals surface area (Å²) in [4.78, 5) is 35.4. The van der Waals surface area contributed by atoms with Crippen molar-refractivity contribution in [3.8, 4) is 6.07 Å². The number of ketones is 1. The predicted octanol–water partition coefficient (Wildman–Crippen LogP) is 1.70. The van der Waals surface area contributed by atoms with Gasteiger partial charge in [-0.2, -0.15) is 5.26 Å². The normalized spacial score (nSPS) is 11.5. The summed E-state index contributed by atoms with van der Waals surface area (Å²) < 4.78 is 9.76. The van der Waals surface area contributed by atoms with Crippen molar-refractivity contribution in [2.45, 2.75) is 6.92 Å². The van der Waals surface area contributed by atoms with Gasteiger partial charge in [0, 0.05) is 11.1 Å². The number of Topliss-reactive ketones (excluding diaryl/α,β-unsaturated/α-hetero) is 1. The molecule has 0 fully saturated rings. The number of carbonyl (C=O) groups excluding carboxylic acids is 2. The van der Waals surface area contributed by atoms with E-state index in [-0.39, 0.29) is 11.3 Å². The quantitative estimate of drug-likeness (QED) is 0.509. The first-order chi connectivity index (χ1) is 10.9. The molecule has 1 aromatic heterocycles. The molecule has 0 aliphatic heterocycles. The van der Waals surface area contributed by atoms with Crippen LogP contribution in [-0.2, 0) is 9.53 Å². The van der Waals surface area contributed by atoms with E-state index in [1.54, 1.807) is 30.3 Å². The summed E-state index contributed by atoms with van der Waals surface area (Å²) in [5.41, 5.74) is -1.02. The molecule has 0 radical (unpaired) electrons. The van der Waals surface area contributed by atoms with Crippen LogP contribution in [0.2, 0.25) is 0 Å². The number of nitriles is 1. The van der Waals surface area contributed by atoms with Crippen LogP contribution in [-0.4, -0.2) is 24.1 Å². The number of hydrogen-bond donors (Lipinski definition) is 1. The topological polar surface area (TPSA) is 121 Å². The number of nitrogens with one attached hydrogen (secondary N) is 1. The summed E-state index contributed by atoms with van der Waals surface area (Å²) in [6.07, 6.45) is 0. The minimum absolute atomic E-state index is 0.140. The molecule has 23 heavy (non-hydrogen) atoms. The summed E-state index contributed by atoms with van der Waals surface area (Å²) in [5, 5.41) is 16.6. The molecule has 0 spiro atoms. The first-order valence-corrected chi connectivity index (χ1v) is 6.61. The average molecular weight is 312 g/mol. The smallest absolute Gasteiger partial charge is 0.351 e. The van der Waals surface area contributed by atoms with E-state index < -0.39 is 29.9 Å². The third-order valence-electron chi connectivity index (χ3n) is 3.09. The molecule has 1 N–H and O–H groups in total. The first-order valence-electron chi connectivity index (χ1n) is 6.61. The Morgan fingerprint density at radius 1 is 1.39 bits per heavy atom. The van der Waals surface area contributed by atoms with Crippen LogP contribution in [0.1, 0.15) is 17.3 Å². The van der Waals surface area contributed by atoms with Gasteiger partial charge in [-0.3, -0.25) is 4.79 Å². The third kappa shape index (κ3) is 3.49. The maximum atomic E-state index is 11.9. The fraction of sp³-hybridized carbons (Fsp3) is 0.188. The molecule has 0 saturated heterocycles. The van der Waals surface area contributed by atoms with Crippen LogP contribution in [0.25, 0.3) is 11.0 Å². The zero-order valence-corrected chi connectivity index (χ0v) is 12.2. The molecular weight excluding hydrogens is 300 g/mol. The lowest BCUT2D eigenvalue weighted by molar-refractivity contribution is -0.122. The molecule has 2 aromatic rings. The van der Waals surface area contributed by atoms with E-state index in [0.717, 1.165) is 0 Å². The fourth-order valence-corrected chi connectivity index (χ4v) is 1.91. The van der Waals surface area contributed by atoms with E-state index >= 15 is 0 Å². The number of rotatable bonds is 5. The van der Waals surface area contributed by atoms with Gasteiger partial charge in [-0.25, -0.2) is 9.59 Å². The summed E-state index contributed by atoms with van der Waals surface area (Å²) in [6.45, 7) is 0.616. The number of ether oxygens (including phenoxy) is 1. The monoisotopic (exact) mass is 312 g/mol. The number of fused-ring (bicyclic) bond motifs is 1. The Morgan fingerprint density at radius 3 is 2.74 bits per heavy atom. The molecular formula is C16H12N2O5. The van der Waals surface area contributed by atoms with Crippen molar-refractivity contribution in [3.63, 3.8) is 0 Å². The Kier molecular flexibility index (Phi) is 4.66. The molecule has 116 valence electrons. The molecule has 0 amide bonds. The molecule has 0 aliphatic rings. The average Bonchev–Trinajstić information content (AvgIpc) is 2.52. The van der Waals surface area contributed by atoms with Crippen molar-refractivity contribution in [2.24, 2.45) is 5.92 Å². The number of benzene rings is 1. The zero-order valence-electron chi connectivity index (χ0n) is 12.2. The lowest BCUT2D eigenvalue weighted by Gasteiger charge is -2.07. The van der Waals surface area contributed by atoms with Crippen molar-refractivity contribution < 1.29 is 18.7 Å². The lowest BCUT2D eigenvalue weighted by Crippen LogP contribution is -2.26. The fourth-order valence-electron chi connectivity index (χ4n) is 1.91. The van der Waals surface area contributed by atoms with Gasteiger partial charge in [0.15, 0.2) is 12.4 Å². The van der Waals surface area contributed by atoms with Crippen molar-refractivity contribution >= 4 is 28.4 Å². The third-order valence-corrected chi connectivity index (χ3v) is 3.09. The minimum Gasteiger partial charge on any atom is -0.454 e. The Balaban J connectivity index is 2.17. The lowest BCUT2D eigenvalue weighted by atomic mass is 10.0. The largest absolute Gasteiger partial charge is 0.454 e. The molecule has 2 rings (SSSR count). The van der Waals surface area contributed by atoms with Crippen LogP contribution in [0, 0.1) is 22.7 Å². The molecule has 1 aromatic carbocycles. The summed E-state index contributed by atoms with van der Waals surface area (Å²) in [6, 6.07) is 9.61. The van der Waals surface area contributed by atoms with Gasteiger partial charge in [0.2, 0.25) is 0 Å². The van der Waals surface area contributed by atoms with E-state index in [0.29, 0.717) is 11.0 Å². The van der Waals surface area contributed by atoms with Gasteiger partial charge >= 0.3 is 11.6 Å². The van der Waals surface area contributed by atoms with E-state index in [1.807, 2.05) is 0 Å². The number of carbonyl (C=O) groups is 2. The molecule has 7 nitrogen and oxygen atoms in total. The van der Waals surface area contributed by atoms with Crippen molar-refractivity contribution in [3.05, 3.63) is 46.3 Å². The molecule has 1 atom stereocenters. The highest BCUT2D eigenvalue weighted by atomic mass is 16.5. The molecule has 7 heteroatoms. The molecule has 1 unspecified atom stereocenters. The Labute approximate surface area is 130 Å². The van der Waals surface area contributed by atoms with Crippen LogP contribution < -0.4 is 5.63 Å². The van der Waals surface area contributed by atoms with Gasteiger partial charge in [-0.1, -0.05) is 18.2 Å². The van der Waals surface area contributed by atoms with Crippen LogP contribution in [0.3, 0.4) is 0 Å². The second-order valence-corrected chi connectivity index (χ2v) is 4.77. The summed E-state index contributed by atoms with van der Waals surface area (Å²) in [7, 11) is 0. The first kappa shape index (κ1) is 16.1. The van der Waals surface area contributed by atoms with Gasteiger partial charge < -0.3 is 14.6 Å². The van der Waals surface area contributed by atoms with Crippen molar-refractivity contribution in [1.29, 1.82) is 10.7 Å². The van der Waals surface area contributed by atoms with E-state index in [1.165, 1.54) is 13.0 Å². The van der Waals surface area contributed by atoms with Gasteiger partial charge in [-0.15, -0.1) is 0 Å². The van der Waals surface area contributed by atoms with Gasteiger partial charge in [-0.05, 0) is 19.1 Å². The number of para-hydroxylation sites is 1. The number of nitrogens with zero attached hydrogens (tertiary/aromatic N) is 1. The standard InChI is InChI=1S/C16H12N2O5/c1-9(18)12(7-17)13(19)8-22-15(20)11-6-10-4-2-3-5-14(10)23-16(11)21/h2-6,12,18H,8H2,1H3. The van der Waals surface area contributed by atoms with E-state index in [2.05, 4.69) is 0 Å². The minimum atomic E-state index is -1.27. The zero-order chi connectivity index (χ0) is 17.0. The summed E-state index contributed by atoms with van der Waals surface area (Å²) in [5.74, 6) is -3.01. The maximum Gasteiger partial charge on any atom is 0.351 e. The van der Waals surface area contributed by atoms with Crippen LogP contribution in [0.5, 0.6) is 0 Å². The highest BCUT2D eigenvalue weighted by Crippen LogP contribution is 2.13. The van der Waals surface area contributed by atoms with E-state index in [4.69, 9.17) is 19.8 Å². The van der Waals surface area contributed by atoms with Gasteiger partial charge in [0.1, 0.15) is 17.1 Å². The van der Waals surface area contributed by atoms with Crippen molar-refractivity contribution in [2.75, 3.05) is 6.61 Å². The highest BCUT2D eigenvalue weighted by Gasteiger charge is 2.23. The maximum absolute atomic E-state index is 11.9. The summed E-state index contributed by atoms with van der Waals surface area (Å²) >= 11 is 0. The Morgan fingerprint density at radius 2 is 2.09 bits per heavy atom. The molecule has 0 saturated carbocycles. The van der Waals surface area contributed by atoms with Gasteiger partial charge in [0.05, 0.1) is 6.07 Å². The molecule has 0 bridgehead atoms. The van der Waals surface area contributed by atoms with E-state index in [9.17, 15) is 14.4 Å². The Bertz CT molecular complexity index is 891. The number of hydrogen-bond acceptors (Lipinski definition) is 7. The van der Waals surface area contributed by atoms with Crippen LogP contribution >= 0.6 is 0 Å². The number of esters is 1. The molecule has 1 heterocycles. The van der Waals surface area contributed by atoms with Gasteiger partial charge in [0.25, 0.3) is 0 Å². The molecule has 0 aliphatic carbocycles. The predicted molar refractivity (Wildman–Crippen MR) is 80.3 cm³/mol. The Hall–Kier alpha value is -3.27. The van der Waals surface area contributed by atoms with Crippen molar-refractivity contribution in [1.82, 2.24) is 0 Å². The highest BCUT2D eigenvalue weighted by molar-refractivity contribution is 6.06. The second kappa shape index (κ2) is 6.66. The van der Waals surface area contributed by atoms with Crippen LogP contribution in [0.15, 0.2) is 39.5 Å². The SMILES string of the molecule is CC(=N)C(C#N)C(=O)COC(=O)c1cc2ccccc2oc1=O.